The Morgan fingerprint density at radius 2 is 1.92 bits per heavy atom. The standard InChI is InChI=1S/C20H22N2O4/c1-14-7-9-15(10-8-14)25-13-19(23)21-12-11-18-20(24)22(2)16-5-3-4-6-17(16)26-18/h3-10,18H,11-13H2,1-2H3,(H,21,23). The summed E-state index contributed by atoms with van der Waals surface area (Å²) in [6.07, 6.45) is -0.207. The molecule has 0 spiro atoms. The average Bonchev–Trinajstić information content (AvgIpc) is 2.65. The molecule has 2 aromatic rings. The molecule has 0 bridgehead atoms. The minimum Gasteiger partial charge on any atom is -0.484 e. The van der Waals surface area contributed by atoms with E-state index in [1.54, 1.807) is 11.9 Å². The molecule has 0 saturated heterocycles. The van der Waals surface area contributed by atoms with Crippen LogP contribution in [0.5, 0.6) is 11.5 Å². The Morgan fingerprint density at radius 1 is 1.19 bits per heavy atom. The van der Waals surface area contributed by atoms with Gasteiger partial charge in [0.1, 0.15) is 11.5 Å². The lowest BCUT2D eigenvalue weighted by atomic mass is 10.1. The molecule has 6 nitrogen and oxygen atoms in total. The number of fused-ring (bicyclic) bond motifs is 1. The lowest BCUT2D eigenvalue weighted by Crippen LogP contribution is -2.45. The molecular weight excluding hydrogens is 332 g/mol. The molecular formula is C20H22N2O4. The molecule has 136 valence electrons. The van der Waals surface area contributed by atoms with Gasteiger partial charge in [0, 0.05) is 20.0 Å². The highest BCUT2D eigenvalue weighted by Gasteiger charge is 2.31. The van der Waals surface area contributed by atoms with Crippen molar-refractivity contribution in [1.29, 1.82) is 0 Å². The highest BCUT2D eigenvalue weighted by atomic mass is 16.5. The topological polar surface area (TPSA) is 67.9 Å². The first-order chi connectivity index (χ1) is 12.5. The number of anilines is 1. The second-order valence-electron chi connectivity index (χ2n) is 6.21. The van der Waals surface area contributed by atoms with E-state index in [9.17, 15) is 9.59 Å². The Morgan fingerprint density at radius 3 is 2.69 bits per heavy atom. The molecule has 3 rings (SSSR count). The zero-order valence-electron chi connectivity index (χ0n) is 14.9. The quantitative estimate of drug-likeness (QED) is 0.864. The van der Waals surface area contributed by atoms with E-state index >= 15 is 0 Å². The Hall–Kier alpha value is -3.02. The monoisotopic (exact) mass is 354 g/mol. The summed E-state index contributed by atoms with van der Waals surface area (Å²) in [5.41, 5.74) is 1.88. The summed E-state index contributed by atoms with van der Waals surface area (Å²) >= 11 is 0. The van der Waals surface area contributed by atoms with E-state index < -0.39 is 6.10 Å². The van der Waals surface area contributed by atoms with Gasteiger partial charge in [-0.15, -0.1) is 0 Å². The van der Waals surface area contributed by atoms with E-state index in [1.807, 2.05) is 55.5 Å². The van der Waals surface area contributed by atoms with E-state index in [0.717, 1.165) is 11.3 Å². The molecule has 2 aromatic carbocycles. The number of likely N-dealkylation sites (N-methyl/N-ethyl adjacent to an activating group) is 1. The number of amides is 2. The first kappa shape index (κ1) is 17.8. The van der Waals surface area contributed by atoms with Crippen LogP contribution in [0.1, 0.15) is 12.0 Å². The third-order valence-electron chi connectivity index (χ3n) is 4.22. The van der Waals surface area contributed by atoms with Crippen LogP contribution in [0.3, 0.4) is 0 Å². The molecule has 1 unspecified atom stereocenters. The van der Waals surface area contributed by atoms with Gasteiger partial charge >= 0.3 is 0 Å². The fourth-order valence-corrected chi connectivity index (χ4v) is 2.73. The Bertz CT molecular complexity index is 789. The molecule has 0 aliphatic carbocycles. The summed E-state index contributed by atoms with van der Waals surface area (Å²) < 4.78 is 11.2. The van der Waals surface area contributed by atoms with Crippen molar-refractivity contribution in [1.82, 2.24) is 5.32 Å². The van der Waals surface area contributed by atoms with Crippen LogP contribution in [0.25, 0.3) is 0 Å². The molecule has 0 radical (unpaired) electrons. The van der Waals surface area contributed by atoms with Crippen LogP contribution in [0.4, 0.5) is 5.69 Å². The fourth-order valence-electron chi connectivity index (χ4n) is 2.73. The van der Waals surface area contributed by atoms with Crippen LogP contribution < -0.4 is 19.7 Å². The normalized spacial score (nSPS) is 15.8. The molecule has 1 aliphatic heterocycles. The number of carbonyl (C=O) groups is 2. The second kappa shape index (κ2) is 7.91. The Labute approximate surface area is 152 Å². The molecule has 1 aliphatic rings. The summed E-state index contributed by atoms with van der Waals surface area (Å²) in [4.78, 5) is 25.9. The smallest absolute Gasteiger partial charge is 0.267 e. The van der Waals surface area contributed by atoms with E-state index in [0.29, 0.717) is 24.5 Å². The molecule has 26 heavy (non-hydrogen) atoms. The minimum absolute atomic E-state index is 0.0642. The predicted molar refractivity (Wildman–Crippen MR) is 98.6 cm³/mol. The van der Waals surface area contributed by atoms with Gasteiger partial charge < -0.3 is 19.7 Å². The molecule has 0 aromatic heterocycles. The van der Waals surface area contributed by atoms with Crippen LogP contribution in [0, 0.1) is 6.92 Å². The fraction of sp³-hybridized carbons (Fsp3) is 0.300. The number of benzene rings is 2. The molecule has 6 heteroatoms. The first-order valence-corrected chi connectivity index (χ1v) is 8.54. The van der Waals surface area contributed by atoms with E-state index in [4.69, 9.17) is 9.47 Å². The van der Waals surface area contributed by atoms with Crippen molar-refractivity contribution in [3.05, 3.63) is 54.1 Å². The number of nitrogens with zero attached hydrogens (tertiary/aromatic N) is 1. The number of aryl methyl sites for hydroxylation is 1. The third kappa shape index (κ3) is 4.14. The van der Waals surface area contributed by atoms with Gasteiger partial charge in [-0.05, 0) is 31.2 Å². The maximum absolute atomic E-state index is 12.4. The minimum atomic E-state index is -0.604. The molecule has 2 amide bonds. The average molecular weight is 354 g/mol. The van der Waals surface area contributed by atoms with Crippen molar-refractivity contribution in [2.75, 3.05) is 25.1 Å². The van der Waals surface area contributed by atoms with Gasteiger partial charge in [0.15, 0.2) is 12.7 Å². The van der Waals surface area contributed by atoms with Gasteiger partial charge in [-0.25, -0.2) is 0 Å². The molecule has 1 N–H and O–H groups in total. The number of nitrogens with one attached hydrogen (secondary N) is 1. The summed E-state index contributed by atoms with van der Waals surface area (Å²) in [5, 5.41) is 2.76. The number of hydrogen-bond donors (Lipinski definition) is 1. The van der Waals surface area contributed by atoms with Crippen LogP contribution in [0.15, 0.2) is 48.5 Å². The zero-order valence-corrected chi connectivity index (χ0v) is 14.9. The lowest BCUT2D eigenvalue weighted by Gasteiger charge is -2.31. The molecule has 1 heterocycles. The molecule has 1 atom stereocenters. The Balaban J connectivity index is 1.45. The van der Waals surface area contributed by atoms with Crippen molar-refractivity contribution in [3.63, 3.8) is 0 Å². The van der Waals surface area contributed by atoms with Gasteiger partial charge in [-0.2, -0.15) is 0 Å². The highest BCUT2D eigenvalue weighted by molar-refractivity contribution is 5.99. The van der Waals surface area contributed by atoms with Gasteiger partial charge in [0.2, 0.25) is 0 Å². The SMILES string of the molecule is Cc1ccc(OCC(=O)NCCC2Oc3ccccc3N(C)C2=O)cc1. The van der Waals surface area contributed by atoms with Crippen LogP contribution in [-0.4, -0.2) is 38.1 Å². The number of hydrogen-bond acceptors (Lipinski definition) is 4. The van der Waals surface area contributed by atoms with Gasteiger partial charge in [-0.1, -0.05) is 29.8 Å². The van der Waals surface area contributed by atoms with E-state index in [1.165, 1.54) is 0 Å². The number of carbonyl (C=O) groups excluding carboxylic acids is 2. The van der Waals surface area contributed by atoms with Gasteiger partial charge in [0.25, 0.3) is 11.8 Å². The molecule has 0 saturated carbocycles. The lowest BCUT2D eigenvalue weighted by molar-refractivity contribution is -0.127. The summed E-state index contributed by atoms with van der Waals surface area (Å²) in [6, 6.07) is 14.9. The highest BCUT2D eigenvalue weighted by Crippen LogP contribution is 2.33. The first-order valence-electron chi connectivity index (χ1n) is 8.54. The zero-order chi connectivity index (χ0) is 18.5. The van der Waals surface area contributed by atoms with E-state index in [-0.39, 0.29) is 18.4 Å². The van der Waals surface area contributed by atoms with Crippen molar-refractivity contribution < 1.29 is 19.1 Å². The van der Waals surface area contributed by atoms with Crippen molar-refractivity contribution in [2.45, 2.75) is 19.4 Å². The predicted octanol–water partition coefficient (Wildman–Crippen LogP) is 2.30. The molecule has 0 fully saturated rings. The van der Waals surface area contributed by atoms with Crippen LogP contribution >= 0.6 is 0 Å². The maximum atomic E-state index is 12.4. The number of ether oxygens (including phenoxy) is 2. The number of para-hydroxylation sites is 2. The van der Waals surface area contributed by atoms with E-state index in [2.05, 4.69) is 5.32 Å². The largest absolute Gasteiger partial charge is 0.484 e. The van der Waals surface area contributed by atoms with Crippen LogP contribution in [-0.2, 0) is 9.59 Å². The van der Waals surface area contributed by atoms with Gasteiger partial charge in [0.05, 0.1) is 5.69 Å². The van der Waals surface area contributed by atoms with Crippen molar-refractivity contribution >= 4 is 17.5 Å². The number of rotatable bonds is 6. The van der Waals surface area contributed by atoms with Crippen LogP contribution in [0.2, 0.25) is 0 Å². The Kier molecular flexibility index (Phi) is 5.41. The van der Waals surface area contributed by atoms with Crippen molar-refractivity contribution in [3.8, 4) is 11.5 Å². The summed E-state index contributed by atoms with van der Waals surface area (Å²) in [5.74, 6) is 0.972. The summed E-state index contributed by atoms with van der Waals surface area (Å²) in [7, 11) is 1.73. The van der Waals surface area contributed by atoms with Gasteiger partial charge in [-0.3, -0.25) is 9.59 Å². The van der Waals surface area contributed by atoms with Crippen molar-refractivity contribution in [2.24, 2.45) is 0 Å². The summed E-state index contributed by atoms with van der Waals surface area (Å²) in [6.45, 7) is 2.26. The third-order valence-corrected chi connectivity index (χ3v) is 4.22. The maximum Gasteiger partial charge on any atom is 0.267 e. The second-order valence-corrected chi connectivity index (χ2v) is 6.21.